The third-order valence-electron chi connectivity index (χ3n) is 3.36. The van der Waals surface area contributed by atoms with E-state index in [1.165, 1.54) is 0 Å². The van der Waals surface area contributed by atoms with Crippen LogP contribution in [0.2, 0.25) is 0 Å². The van der Waals surface area contributed by atoms with Gasteiger partial charge in [0.25, 0.3) is 0 Å². The van der Waals surface area contributed by atoms with E-state index < -0.39 is 5.41 Å². The van der Waals surface area contributed by atoms with Crippen molar-refractivity contribution in [1.82, 2.24) is 4.98 Å². The van der Waals surface area contributed by atoms with Crippen LogP contribution in [0.1, 0.15) is 51.7 Å². The van der Waals surface area contributed by atoms with Crippen LogP contribution in [0.4, 0.5) is 0 Å². The lowest BCUT2D eigenvalue weighted by molar-refractivity contribution is 0.0369. The molecule has 2 N–H and O–H groups in total. The number of hydrogen-bond acceptors (Lipinski definition) is 4. The van der Waals surface area contributed by atoms with E-state index in [1.807, 2.05) is 0 Å². The number of hydrogen-bond donors (Lipinski definition) is 2. The van der Waals surface area contributed by atoms with E-state index in [-0.39, 0.29) is 18.6 Å². The van der Waals surface area contributed by atoms with Crippen LogP contribution in [0.3, 0.4) is 0 Å². The molecule has 1 aromatic rings. The summed E-state index contributed by atoms with van der Waals surface area (Å²) in [5.74, 6) is 0.446. The molecule has 0 amide bonds. The third kappa shape index (κ3) is 4.55. The van der Waals surface area contributed by atoms with Gasteiger partial charge in [0, 0.05) is 22.6 Å². The first-order valence-corrected chi connectivity index (χ1v) is 7.77. The predicted octanol–water partition coefficient (Wildman–Crippen LogP) is 3.00. The van der Waals surface area contributed by atoms with E-state index in [0.29, 0.717) is 12.3 Å². The lowest BCUT2D eigenvalue weighted by atomic mass is 9.79. The molecule has 0 fully saturated rings. The molecule has 0 saturated carbocycles. The molecule has 110 valence electrons. The molecule has 4 heteroatoms. The molecular formula is C15H27NO2S. The normalized spacial score (nSPS) is 13.3. The molecule has 0 saturated heterocycles. The minimum atomic E-state index is -0.443. The number of aliphatic hydroxyl groups excluding tert-OH is 2. The highest BCUT2D eigenvalue weighted by atomic mass is 32.1. The summed E-state index contributed by atoms with van der Waals surface area (Å²) in [5.41, 5.74) is 0.691. The first-order chi connectivity index (χ1) is 8.72. The monoisotopic (exact) mass is 285 g/mol. The van der Waals surface area contributed by atoms with E-state index in [4.69, 9.17) is 0 Å². The Kier molecular flexibility index (Phi) is 5.53. The van der Waals surface area contributed by atoms with E-state index in [9.17, 15) is 10.2 Å². The Morgan fingerprint density at radius 2 is 1.79 bits per heavy atom. The van der Waals surface area contributed by atoms with Gasteiger partial charge in [-0.15, -0.1) is 11.3 Å². The Morgan fingerprint density at radius 3 is 2.16 bits per heavy atom. The second-order valence-electron chi connectivity index (χ2n) is 6.97. The van der Waals surface area contributed by atoms with Crippen LogP contribution in [-0.4, -0.2) is 28.4 Å². The summed E-state index contributed by atoms with van der Waals surface area (Å²) in [6.45, 7) is 10.7. The Labute approximate surface area is 120 Å². The Balaban J connectivity index is 2.88. The van der Waals surface area contributed by atoms with Crippen LogP contribution in [0.25, 0.3) is 0 Å². The number of nitrogens with zero attached hydrogens (tertiary/aromatic N) is 1. The number of aromatic nitrogens is 1. The Bertz CT molecular complexity index is 389. The van der Waals surface area contributed by atoms with E-state index in [1.54, 1.807) is 11.3 Å². The molecule has 1 heterocycles. The van der Waals surface area contributed by atoms with Gasteiger partial charge in [0.2, 0.25) is 0 Å². The van der Waals surface area contributed by atoms with Crippen LogP contribution in [0.5, 0.6) is 0 Å². The van der Waals surface area contributed by atoms with Crippen molar-refractivity contribution in [3.8, 4) is 0 Å². The smallest absolute Gasteiger partial charge is 0.0935 e. The predicted molar refractivity (Wildman–Crippen MR) is 80.6 cm³/mol. The van der Waals surface area contributed by atoms with Crippen LogP contribution >= 0.6 is 11.3 Å². The summed E-state index contributed by atoms with van der Waals surface area (Å²) in [4.78, 5) is 4.67. The summed E-state index contributed by atoms with van der Waals surface area (Å²) >= 11 is 1.63. The topological polar surface area (TPSA) is 53.4 Å². The fraction of sp³-hybridized carbons (Fsp3) is 0.800. The lowest BCUT2D eigenvalue weighted by Crippen LogP contribution is -2.34. The van der Waals surface area contributed by atoms with Gasteiger partial charge < -0.3 is 10.2 Å². The molecule has 0 atom stereocenters. The first kappa shape index (κ1) is 16.6. The molecule has 0 aliphatic heterocycles. The molecule has 19 heavy (non-hydrogen) atoms. The molecule has 0 unspecified atom stereocenters. The van der Waals surface area contributed by atoms with E-state index in [0.717, 1.165) is 17.1 Å². The van der Waals surface area contributed by atoms with Crippen LogP contribution in [-0.2, 0) is 11.8 Å². The van der Waals surface area contributed by atoms with Crippen molar-refractivity contribution in [2.24, 2.45) is 11.3 Å². The highest BCUT2D eigenvalue weighted by Crippen LogP contribution is 2.32. The van der Waals surface area contributed by atoms with Gasteiger partial charge in [-0.05, 0) is 12.3 Å². The van der Waals surface area contributed by atoms with Gasteiger partial charge in [-0.1, -0.05) is 34.6 Å². The second kappa shape index (κ2) is 6.33. The fourth-order valence-electron chi connectivity index (χ4n) is 2.29. The van der Waals surface area contributed by atoms with Gasteiger partial charge in [-0.2, -0.15) is 0 Å². The highest BCUT2D eigenvalue weighted by Gasteiger charge is 2.31. The molecule has 1 rings (SSSR count). The summed E-state index contributed by atoms with van der Waals surface area (Å²) in [6, 6.07) is 0. The fourth-order valence-corrected chi connectivity index (χ4v) is 3.48. The lowest BCUT2D eigenvalue weighted by Gasteiger charge is -2.30. The molecule has 0 aliphatic rings. The van der Waals surface area contributed by atoms with E-state index in [2.05, 4.69) is 45.0 Å². The number of aliphatic hydroxyl groups is 2. The third-order valence-corrected chi connectivity index (χ3v) is 4.21. The molecular weight excluding hydrogens is 258 g/mol. The van der Waals surface area contributed by atoms with Crippen LogP contribution < -0.4 is 0 Å². The van der Waals surface area contributed by atoms with Gasteiger partial charge >= 0.3 is 0 Å². The largest absolute Gasteiger partial charge is 0.396 e. The Hall–Kier alpha value is -0.450. The molecule has 0 aliphatic carbocycles. The first-order valence-electron chi connectivity index (χ1n) is 6.89. The van der Waals surface area contributed by atoms with Gasteiger partial charge in [0.1, 0.15) is 0 Å². The second-order valence-corrected chi connectivity index (χ2v) is 7.91. The molecule has 1 aromatic heterocycles. The minimum Gasteiger partial charge on any atom is -0.396 e. The standard InChI is InChI=1S/C15H27NO2S/c1-11(2)6-15(9-17,10-18)7-13-16-12(8-19-13)14(3,4)5/h8,11,17-18H,6-7,9-10H2,1-5H3. The van der Waals surface area contributed by atoms with Gasteiger partial charge in [0.15, 0.2) is 0 Å². The molecule has 3 nitrogen and oxygen atoms in total. The maximum Gasteiger partial charge on any atom is 0.0935 e. The Morgan fingerprint density at radius 1 is 1.21 bits per heavy atom. The SMILES string of the molecule is CC(C)CC(CO)(CO)Cc1nc(C(C)(C)C)cs1. The summed E-state index contributed by atoms with van der Waals surface area (Å²) in [6.07, 6.45) is 1.46. The average molecular weight is 285 g/mol. The van der Waals surface area contributed by atoms with Gasteiger partial charge in [-0.25, -0.2) is 4.98 Å². The van der Waals surface area contributed by atoms with Crippen molar-refractivity contribution in [3.05, 3.63) is 16.1 Å². The minimum absolute atomic E-state index is 0.00606. The zero-order chi connectivity index (χ0) is 14.7. The van der Waals surface area contributed by atoms with Gasteiger partial charge in [0.05, 0.1) is 23.9 Å². The number of rotatable bonds is 6. The van der Waals surface area contributed by atoms with E-state index >= 15 is 0 Å². The summed E-state index contributed by atoms with van der Waals surface area (Å²) in [7, 11) is 0. The van der Waals surface area contributed by atoms with Crippen molar-refractivity contribution >= 4 is 11.3 Å². The quantitative estimate of drug-likeness (QED) is 0.845. The summed E-state index contributed by atoms with van der Waals surface area (Å²) in [5, 5.41) is 22.4. The maximum atomic E-state index is 9.67. The van der Waals surface area contributed by atoms with Crippen molar-refractivity contribution in [2.45, 2.75) is 52.9 Å². The van der Waals surface area contributed by atoms with Crippen molar-refractivity contribution in [2.75, 3.05) is 13.2 Å². The average Bonchev–Trinajstić information content (AvgIpc) is 2.75. The molecule has 0 spiro atoms. The van der Waals surface area contributed by atoms with Crippen molar-refractivity contribution in [1.29, 1.82) is 0 Å². The van der Waals surface area contributed by atoms with Crippen LogP contribution in [0, 0.1) is 11.3 Å². The van der Waals surface area contributed by atoms with Gasteiger partial charge in [-0.3, -0.25) is 0 Å². The zero-order valence-electron chi connectivity index (χ0n) is 12.7. The number of thiazole rings is 1. The highest BCUT2D eigenvalue weighted by molar-refractivity contribution is 7.09. The maximum absolute atomic E-state index is 9.67. The van der Waals surface area contributed by atoms with Crippen LogP contribution in [0.15, 0.2) is 5.38 Å². The molecule has 0 bridgehead atoms. The molecule has 0 radical (unpaired) electrons. The van der Waals surface area contributed by atoms with Crippen molar-refractivity contribution < 1.29 is 10.2 Å². The van der Waals surface area contributed by atoms with Crippen molar-refractivity contribution in [3.63, 3.8) is 0 Å². The summed E-state index contributed by atoms with van der Waals surface area (Å²) < 4.78 is 0. The zero-order valence-corrected chi connectivity index (χ0v) is 13.5. The molecule has 0 aromatic carbocycles.